The molecule has 1 aliphatic rings. The fraction of sp³-hybridized carbons (Fsp3) is 0.480. The van der Waals surface area contributed by atoms with Crippen molar-refractivity contribution in [1.29, 1.82) is 0 Å². The highest BCUT2D eigenvalue weighted by Gasteiger charge is 2.40. The van der Waals surface area contributed by atoms with E-state index in [-0.39, 0.29) is 37.3 Å². The van der Waals surface area contributed by atoms with Gasteiger partial charge < -0.3 is 14.5 Å². The number of nitrogens with zero attached hydrogens (tertiary/aromatic N) is 3. The Labute approximate surface area is 222 Å². The first kappa shape index (κ1) is 28.8. The van der Waals surface area contributed by atoms with E-state index >= 15 is 4.39 Å². The van der Waals surface area contributed by atoms with Crippen molar-refractivity contribution in [1.82, 2.24) is 9.80 Å². The average molecular weight is 560 g/mol. The molecule has 0 aliphatic carbocycles. The van der Waals surface area contributed by atoms with Crippen molar-refractivity contribution in [2.45, 2.75) is 46.3 Å². The van der Waals surface area contributed by atoms with E-state index in [1.54, 1.807) is 38.3 Å². The van der Waals surface area contributed by atoms with Crippen LogP contribution in [0.2, 0.25) is 0 Å². The van der Waals surface area contributed by atoms with Crippen LogP contribution >= 0.6 is 22.9 Å². The Morgan fingerprint density at radius 3 is 2.14 bits per heavy atom. The Kier molecular flexibility index (Phi) is 8.79. The number of ether oxygens (including phenoxy) is 1. The molecule has 0 saturated carbocycles. The summed E-state index contributed by atoms with van der Waals surface area (Å²) in [4.78, 5) is 43.5. The van der Waals surface area contributed by atoms with E-state index in [9.17, 15) is 23.2 Å². The molecule has 1 aliphatic heterocycles. The van der Waals surface area contributed by atoms with Crippen molar-refractivity contribution in [3.63, 3.8) is 0 Å². The Hall–Kier alpha value is -2.79. The van der Waals surface area contributed by atoms with Gasteiger partial charge in [-0.05, 0) is 57.2 Å². The number of benzene rings is 1. The summed E-state index contributed by atoms with van der Waals surface area (Å²) in [6, 6.07) is 1.87. The van der Waals surface area contributed by atoms with Gasteiger partial charge in [-0.2, -0.15) is 0 Å². The molecule has 2 heterocycles. The van der Waals surface area contributed by atoms with Crippen molar-refractivity contribution in [3.8, 4) is 0 Å². The summed E-state index contributed by atoms with van der Waals surface area (Å²) >= 11 is 7.00. The van der Waals surface area contributed by atoms with Gasteiger partial charge in [-0.1, -0.05) is 6.07 Å². The summed E-state index contributed by atoms with van der Waals surface area (Å²) in [6.45, 7) is 8.47. The van der Waals surface area contributed by atoms with Crippen molar-refractivity contribution in [2.75, 3.05) is 37.0 Å². The van der Waals surface area contributed by atoms with Gasteiger partial charge in [0.2, 0.25) is 5.91 Å². The number of rotatable bonds is 5. The van der Waals surface area contributed by atoms with Crippen LogP contribution in [0, 0.1) is 31.3 Å². The van der Waals surface area contributed by atoms with Crippen LogP contribution in [-0.2, 0) is 14.3 Å². The molecule has 1 aromatic heterocycles. The summed E-state index contributed by atoms with van der Waals surface area (Å²) in [7, 11) is 0. The van der Waals surface area contributed by atoms with Crippen molar-refractivity contribution >= 4 is 46.5 Å². The second-order valence-corrected chi connectivity index (χ2v) is 10.9. The number of carbonyl (C=O) groups excluding carboxylic acids is 3. The van der Waals surface area contributed by atoms with Gasteiger partial charge in [0.25, 0.3) is 5.91 Å². The zero-order chi connectivity index (χ0) is 27.7. The maximum Gasteiger partial charge on any atom is 0.410 e. The fourth-order valence-corrected chi connectivity index (χ4v) is 4.97. The smallest absolute Gasteiger partial charge is 0.410 e. The molecule has 12 heteroatoms. The first-order chi connectivity index (χ1) is 17.3. The van der Waals surface area contributed by atoms with E-state index in [0.717, 1.165) is 16.2 Å². The van der Waals surface area contributed by atoms with E-state index in [1.165, 1.54) is 23.6 Å². The van der Waals surface area contributed by atoms with Crippen LogP contribution in [0.5, 0.6) is 0 Å². The van der Waals surface area contributed by atoms with Crippen LogP contribution in [0.15, 0.2) is 17.5 Å². The predicted octanol–water partition coefficient (Wildman–Crippen LogP) is 5.17. The fourth-order valence-electron chi connectivity index (χ4n) is 4.04. The lowest BCUT2D eigenvalue weighted by atomic mass is 10.0. The second kappa shape index (κ2) is 11.3. The van der Waals surface area contributed by atoms with Gasteiger partial charge in [0.1, 0.15) is 11.5 Å². The van der Waals surface area contributed by atoms with Crippen LogP contribution in [0.4, 0.5) is 23.7 Å². The Bertz CT molecular complexity index is 1150. The first-order valence-electron chi connectivity index (χ1n) is 11.6. The maximum absolute atomic E-state index is 15.2. The predicted molar refractivity (Wildman–Crippen MR) is 135 cm³/mol. The van der Waals surface area contributed by atoms with Crippen molar-refractivity contribution in [3.05, 3.63) is 51.0 Å². The topological polar surface area (TPSA) is 70.2 Å². The van der Waals surface area contributed by atoms with Gasteiger partial charge in [-0.15, -0.1) is 22.9 Å². The molecule has 202 valence electrons. The molecule has 1 atom stereocenters. The van der Waals surface area contributed by atoms with E-state index in [2.05, 4.69) is 0 Å². The van der Waals surface area contributed by atoms with Gasteiger partial charge in [0, 0.05) is 31.1 Å². The number of amides is 3. The highest BCUT2D eigenvalue weighted by atomic mass is 35.5. The number of hydrogen-bond acceptors (Lipinski definition) is 5. The molecule has 3 amide bonds. The van der Waals surface area contributed by atoms with Crippen LogP contribution in [-0.4, -0.2) is 65.4 Å². The standard InChI is InChI=1S/C25H29ClF3N3O4S/c1-14-15(2)21(20(29)19(28)18(14)27)32(17(33)13-26)22(16-7-6-12-37-16)23(34)30-8-10-31(11-9-30)24(35)36-25(3,4)5/h6-7,12,22H,8-11,13H2,1-5H3. The van der Waals surface area contributed by atoms with Gasteiger partial charge in [-0.3, -0.25) is 14.5 Å². The maximum atomic E-state index is 15.2. The Morgan fingerprint density at radius 2 is 1.62 bits per heavy atom. The van der Waals surface area contributed by atoms with Crippen LogP contribution < -0.4 is 4.90 Å². The molecule has 2 aromatic rings. The molecule has 0 spiro atoms. The van der Waals surface area contributed by atoms with Gasteiger partial charge in [0.15, 0.2) is 23.5 Å². The zero-order valence-electron chi connectivity index (χ0n) is 21.2. The molecule has 1 fully saturated rings. The van der Waals surface area contributed by atoms with Gasteiger partial charge in [0.05, 0.1) is 5.69 Å². The van der Waals surface area contributed by atoms with Crippen LogP contribution in [0.3, 0.4) is 0 Å². The van der Waals surface area contributed by atoms with E-state index in [0.29, 0.717) is 4.88 Å². The molecular weight excluding hydrogens is 531 g/mol. The first-order valence-corrected chi connectivity index (χ1v) is 13.0. The molecule has 1 saturated heterocycles. The molecule has 1 unspecified atom stereocenters. The summed E-state index contributed by atoms with van der Waals surface area (Å²) in [5, 5.41) is 1.68. The van der Waals surface area contributed by atoms with E-state index in [1.807, 2.05) is 0 Å². The van der Waals surface area contributed by atoms with Crippen LogP contribution in [0.25, 0.3) is 0 Å². The highest BCUT2D eigenvalue weighted by Crippen LogP contribution is 2.38. The van der Waals surface area contributed by atoms with Crippen molar-refractivity contribution in [2.24, 2.45) is 0 Å². The third-order valence-corrected chi connectivity index (χ3v) is 7.17. The second-order valence-electron chi connectivity index (χ2n) is 9.65. The molecule has 0 N–H and O–H groups in total. The summed E-state index contributed by atoms with van der Waals surface area (Å²) < 4.78 is 49.3. The molecule has 0 bridgehead atoms. The molecule has 1 aromatic carbocycles. The third kappa shape index (κ3) is 6.04. The number of hydrogen-bond donors (Lipinski definition) is 0. The minimum Gasteiger partial charge on any atom is -0.444 e. The lowest BCUT2D eigenvalue weighted by Crippen LogP contribution is -2.54. The number of halogens is 4. The Balaban J connectivity index is 2.00. The minimum atomic E-state index is -1.74. The lowest BCUT2D eigenvalue weighted by molar-refractivity contribution is -0.136. The van der Waals surface area contributed by atoms with E-state index < -0.39 is 58.6 Å². The molecule has 0 radical (unpaired) electrons. The largest absolute Gasteiger partial charge is 0.444 e. The zero-order valence-corrected chi connectivity index (χ0v) is 22.8. The number of thiophene rings is 1. The average Bonchev–Trinajstić information content (AvgIpc) is 3.38. The van der Waals surface area contributed by atoms with Crippen LogP contribution in [0.1, 0.15) is 42.8 Å². The van der Waals surface area contributed by atoms with Crippen molar-refractivity contribution < 1.29 is 32.3 Å². The highest BCUT2D eigenvalue weighted by molar-refractivity contribution is 7.10. The monoisotopic (exact) mass is 559 g/mol. The third-order valence-electron chi connectivity index (χ3n) is 6.01. The number of alkyl halides is 1. The number of piperazine rings is 1. The molecular formula is C25H29ClF3N3O4S. The molecule has 7 nitrogen and oxygen atoms in total. The Morgan fingerprint density at radius 1 is 1.03 bits per heavy atom. The molecule has 37 heavy (non-hydrogen) atoms. The summed E-state index contributed by atoms with van der Waals surface area (Å²) in [6.07, 6.45) is -0.511. The number of carbonyl (C=O) groups is 3. The minimum absolute atomic E-state index is 0.0287. The van der Waals surface area contributed by atoms with E-state index in [4.69, 9.17) is 16.3 Å². The quantitative estimate of drug-likeness (QED) is 0.374. The van der Waals surface area contributed by atoms with Gasteiger partial charge >= 0.3 is 6.09 Å². The summed E-state index contributed by atoms with van der Waals surface area (Å²) in [5.41, 5.74) is -1.44. The molecule has 3 rings (SSSR count). The SMILES string of the molecule is Cc1c(C)c(N(C(=O)CCl)C(C(=O)N2CCN(C(=O)OC(C)(C)C)CC2)c2cccs2)c(F)c(F)c1F. The normalized spacial score (nSPS) is 14.9. The lowest BCUT2D eigenvalue weighted by Gasteiger charge is -2.39. The van der Waals surface area contributed by atoms with Gasteiger partial charge in [-0.25, -0.2) is 18.0 Å². The number of anilines is 1. The summed E-state index contributed by atoms with van der Waals surface area (Å²) in [5.74, 6) is -6.73.